The zero-order valence-electron chi connectivity index (χ0n) is 24.2. The summed E-state index contributed by atoms with van der Waals surface area (Å²) in [6.07, 6.45) is 21.3. The van der Waals surface area contributed by atoms with Gasteiger partial charge in [0.25, 0.3) is 0 Å². The van der Waals surface area contributed by atoms with E-state index in [1.165, 1.54) is 108 Å². The number of ether oxygens (including phenoxy) is 1. The second kappa shape index (κ2) is 19.7. The molecule has 0 radical (unpaired) electrons. The van der Waals surface area contributed by atoms with Gasteiger partial charge in [0.05, 0.1) is 6.61 Å². The van der Waals surface area contributed by atoms with Crippen molar-refractivity contribution in [1.82, 2.24) is 15.0 Å². The van der Waals surface area contributed by atoms with Crippen LogP contribution < -0.4 is 15.4 Å². The zero-order chi connectivity index (χ0) is 26.6. The Morgan fingerprint density at radius 2 is 1.19 bits per heavy atom. The number of anilines is 3. The smallest absolute Gasteiger partial charge is 0.323 e. The van der Waals surface area contributed by atoms with Gasteiger partial charge in [-0.3, -0.25) is 0 Å². The van der Waals surface area contributed by atoms with Crippen molar-refractivity contribution in [2.24, 2.45) is 5.92 Å². The molecule has 37 heavy (non-hydrogen) atoms. The van der Waals surface area contributed by atoms with Crippen LogP contribution in [0.1, 0.15) is 122 Å². The van der Waals surface area contributed by atoms with E-state index in [1.807, 2.05) is 19.2 Å². The average molecular weight is 512 g/mol. The summed E-state index contributed by atoms with van der Waals surface area (Å²) >= 11 is 0. The SMILES string of the molecule is CCCCCCCCCCC(CCCCCCCC)COc1nc(NC)nc(Nc2ccc(C)cc2)n1. The number of nitrogens with zero attached hydrogens (tertiary/aromatic N) is 3. The number of hydrogen-bond donors (Lipinski definition) is 2. The number of aromatic nitrogens is 3. The van der Waals surface area contributed by atoms with Crippen molar-refractivity contribution < 1.29 is 4.74 Å². The summed E-state index contributed by atoms with van der Waals surface area (Å²) < 4.78 is 6.18. The number of hydrogen-bond acceptors (Lipinski definition) is 6. The van der Waals surface area contributed by atoms with Gasteiger partial charge in [0, 0.05) is 12.7 Å². The Morgan fingerprint density at radius 1 is 0.676 bits per heavy atom. The lowest BCUT2D eigenvalue weighted by molar-refractivity contribution is 0.210. The van der Waals surface area contributed by atoms with Crippen LogP contribution in [0, 0.1) is 12.8 Å². The Morgan fingerprint density at radius 3 is 1.73 bits per heavy atom. The fourth-order valence-electron chi connectivity index (χ4n) is 4.64. The highest BCUT2D eigenvalue weighted by molar-refractivity contribution is 5.54. The first-order valence-corrected chi connectivity index (χ1v) is 15.0. The lowest BCUT2D eigenvalue weighted by atomic mass is 9.94. The minimum Gasteiger partial charge on any atom is -0.463 e. The van der Waals surface area contributed by atoms with Crippen molar-refractivity contribution in [3.63, 3.8) is 0 Å². The number of rotatable bonds is 22. The summed E-state index contributed by atoms with van der Waals surface area (Å²) in [5, 5.41) is 6.31. The van der Waals surface area contributed by atoms with Crippen LogP contribution in [0.2, 0.25) is 0 Å². The third kappa shape index (κ3) is 14.2. The number of unbranched alkanes of at least 4 members (excludes halogenated alkanes) is 12. The predicted molar refractivity (Wildman–Crippen MR) is 158 cm³/mol. The van der Waals surface area contributed by atoms with Crippen molar-refractivity contribution in [1.29, 1.82) is 0 Å². The van der Waals surface area contributed by atoms with E-state index >= 15 is 0 Å². The van der Waals surface area contributed by atoms with Gasteiger partial charge >= 0.3 is 6.01 Å². The fourth-order valence-corrected chi connectivity index (χ4v) is 4.64. The van der Waals surface area contributed by atoms with E-state index in [2.05, 4.69) is 58.5 Å². The summed E-state index contributed by atoms with van der Waals surface area (Å²) in [5.41, 5.74) is 2.16. The van der Waals surface area contributed by atoms with E-state index in [0.29, 0.717) is 30.4 Å². The van der Waals surface area contributed by atoms with E-state index in [4.69, 9.17) is 4.74 Å². The Bertz CT molecular complexity index is 827. The largest absolute Gasteiger partial charge is 0.463 e. The highest BCUT2D eigenvalue weighted by Crippen LogP contribution is 2.22. The summed E-state index contributed by atoms with van der Waals surface area (Å²) in [6, 6.07) is 8.58. The number of nitrogens with one attached hydrogen (secondary N) is 2. The topological polar surface area (TPSA) is 72.0 Å². The van der Waals surface area contributed by atoms with Crippen LogP contribution in [0.4, 0.5) is 17.6 Å². The average Bonchev–Trinajstić information content (AvgIpc) is 2.91. The quantitative estimate of drug-likeness (QED) is 0.153. The third-order valence-corrected chi connectivity index (χ3v) is 7.03. The minimum absolute atomic E-state index is 0.387. The molecule has 0 aliphatic carbocycles. The van der Waals surface area contributed by atoms with Gasteiger partial charge in [0.2, 0.25) is 11.9 Å². The molecule has 2 aromatic rings. The molecule has 0 aliphatic rings. The van der Waals surface area contributed by atoms with Crippen LogP contribution in [0.15, 0.2) is 24.3 Å². The molecule has 0 fully saturated rings. The molecule has 1 unspecified atom stereocenters. The first kappa shape index (κ1) is 30.9. The Balaban J connectivity index is 1.88. The molecule has 0 spiro atoms. The van der Waals surface area contributed by atoms with Crippen molar-refractivity contribution in [2.45, 2.75) is 124 Å². The van der Waals surface area contributed by atoms with Crippen LogP contribution in [0.3, 0.4) is 0 Å². The minimum atomic E-state index is 0.387. The van der Waals surface area contributed by atoms with Gasteiger partial charge in [-0.25, -0.2) is 0 Å². The van der Waals surface area contributed by atoms with Crippen molar-refractivity contribution in [3.8, 4) is 6.01 Å². The van der Waals surface area contributed by atoms with Crippen LogP contribution >= 0.6 is 0 Å². The zero-order valence-corrected chi connectivity index (χ0v) is 24.2. The maximum atomic E-state index is 6.18. The Kier molecular flexibility index (Phi) is 16.4. The van der Waals surface area contributed by atoms with E-state index in [1.54, 1.807) is 0 Å². The molecule has 0 amide bonds. The second-order valence-corrected chi connectivity index (χ2v) is 10.5. The van der Waals surface area contributed by atoms with Crippen molar-refractivity contribution >= 4 is 17.6 Å². The summed E-state index contributed by atoms with van der Waals surface area (Å²) in [7, 11) is 1.82. The standard InChI is InChI=1S/C31H53N5O/c1-5-7-9-11-13-14-16-18-20-27(19-17-15-12-10-8-6-2)25-37-31-35-29(32-4)34-30(36-31)33-28-23-21-26(3)22-24-28/h21-24,27H,5-20,25H2,1-4H3,(H2,32,33,34,35,36). The highest BCUT2D eigenvalue weighted by Gasteiger charge is 2.13. The first-order valence-electron chi connectivity index (χ1n) is 15.0. The van der Waals surface area contributed by atoms with E-state index in [0.717, 1.165) is 5.69 Å². The Hall–Kier alpha value is -2.37. The van der Waals surface area contributed by atoms with Crippen molar-refractivity contribution in [2.75, 3.05) is 24.3 Å². The number of aryl methyl sites for hydroxylation is 1. The predicted octanol–water partition coefficient (Wildman–Crippen LogP) is 9.24. The molecule has 2 N–H and O–H groups in total. The monoisotopic (exact) mass is 511 g/mol. The molecular weight excluding hydrogens is 458 g/mol. The molecule has 0 bridgehead atoms. The molecule has 208 valence electrons. The van der Waals surface area contributed by atoms with Gasteiger partial charge < -0.3 is 15.4 Å². The molecule has 6 heteroatoms. The number of benzene rings is 1. The highest BCUT2D eigenvalue weighted by atomic mass is 16.5. The molecule has 2 rings (SSSR count). The molecule has 1 heterocycles. The van der Waals surface area contributed by atoms with E-state index in [9.17, 15) is 0 Å². The van der Waals surface area contributed by atoms with Gasteiger partial charge in [-0.1, -0.05) is 121 Å². The van der Waals surface area contributed by atoms with Crippen LogP contribution in [-0.2, 0) is 0 Å². The second-order valence-electron chi connectivity index (χ2n) is 10.5. The van der Waals surface area contributed by atoms with E-state index in [-0.39, 0.29) is 0 Å². The molecule has 6 nitrogen and oxygen atoms in total. The molecule has 1 aromatic heterocycles. The molecule has 0 saturated carbocycles. The summed E-state index contributed by atoms with van der Waals surface area (Å²) in [4.78, 5) is 13.5. The lowest BCUT2D eigenvalue weighted by Gasteiger charge is -2.18. The fraction of sp³-hybridized carbons (Fsp3) is 0.710. The summed E-state index contributed by atoms with van der Waals surface area (Å²) in [6.45, 7) is 7.30. The first-order chi connectivity index (χ1) is 18.1. The molecule has 1 atom stereocenters. The third-order valence-electron chi connectivity index (χ3n) is 7.03. The maximum absolute atomic E-state index is 6.18. The maximum Gasteiger partial charge on any atom is 0.323 e. The molecule has 1 aromatic carbocycles. The van der Waals surface area contributed by atoms with Crippen LogP contribution in [-0.4, -0.2) is 28.6 Å². The van der Waals surface area contributed by atoms with Gasteiger partial charge in [-0.2, -0.15) is 15.0 Å². The normalized spacial score (nSPS) is 11.9. The van der Waals surface area contributed by atoms with Crippen LogP contribution in [0.25, 0.3) is 0 Å². The van der Waals surface area contributed by atoms with Gasteiger partial charge in [0.15, 0.2) is 0 Å². The molecule has 0 aliphatic heterocycles. The lowest BCUT2D eigenvalue weighted by Crippen LogP contribution is -2.15. The molecular formula is C31H53N5O. The van der Waals surface area contributed by atoms with E-state index < -0.39 is 0 Å². The van der Waals surface area contributed by atoms with Crippen LogP contribution in [0.5, 0.6) is 6.01 Å². The summed E-state index contributed by atoms with van der Waals surface area (Å²) in [5.74, 6) is 1.55. The molecule has 0 saturated heterocycles. The van der Waals surface area contributed by atoms with Crippen molar-refractivity contribution in [3.05, 3.63) is 29.8 Å². The van der Waals surface area contributed by atoms with Gasteiger partial charge in [0.1, 0.15) is 0 Å². The van der Waals surface area contributed by atoms with Gasteiger partial charge in [-0.15, -0.1) is 0 Å². The Labute approximate surface area is 226 Å². The van der Waals surface area contributed by atoms with Gasteiger partial charge in [-0.05, 0) is 37.8 Å².